The third kappa shape index (κ3) is 5.38. The molecule has 0 bridgehead atoms. The van der Waals surface area contributed by atoms with Gasteiger partial charge in [0.15, 0.2) is 0 Å². The Balaban J connectivity index is 1.56. The SMILES string of the molecule is C/C=C/CCc1ccc(C#Cc2ccc3c(F)c(-c4ccc(C(F)(F)F)cc4)ccc3c2)cc1. The minimum absolute atomic E-state index is 0.259. The maximum absolute atomic E-state index is 15.2. The Morgan fingerprint density at radius 2 is 1.47 bits per heavy atom. The number of benzene rings is 4. The molecule has 0 nitrogen and oxygen atoms in total. The highest BCUT2D eigenvalue weighted by molar-refractivity contribution is 5.89. The van der Waals surface area contributed by atoms with Crippen LogP contribution in [0.1, 0.15) is 35.6 Å². The van der Waals surface area contributed by atoms with Gasteiger partial charge in [0, 0.05) is 22.1 Å². The summed E-state index contributed by atoms with van der Waals surface area (Å²) < 4.78 is 53.6. The third-order valence-electron chi connectivity index (χ3n) is 5.62. The average molecular weight is 458 g/mol. The number of fused-ring (bicyclic) bond motifs is 1. The van der Waals surface area contributed by atoms with E-state index in [0.717, 1.165) is 36.1 Å². The molecule has 0 aliphatic heterocycles. The minimum atomic E-state index is -4.42. The molecule has 0 radical (unpaired) electrons. The Morgan fingerprint density at radius 1 is 0.794 bits per heavy atom. The molecule has 4 aromatic rings. The van der Waals surface area contributed by atoms with Crippen molar-refractivity contribution in [1.29, 1.82) is 0 Å². The van der Waals surface area contributed by atoms with Crippen LogP contribution < -0.4 is 0 Å². The number of allylic oxidation sites excluding steroid dienone is 2. The van der Waals surface area contributed by atoms with Crippen molar-refractivity contribution in [2.45, 2.75) is 25.9 Å². The van der Waals surface area contributed by atoms with E-state index in [2.05, 4.69) is 30.0 Å². The molecule has 170 valence electrons. The molecule has 0 amide bonds. The van der Waals surface area contributed by atoms with Gasteiger partial charge >= 0.3 is 6.18 Å². The number of halogens is 4. The summed E-state index contributed by atoms with van der Waals surface area (Å²) in [4.78, 5) is 0. The minimum Gasteiger partial charge on any atom is -0.206 e. The largest absolute Gasteiger partial charge is 0.416 e. The molecule has 0 unspecified atom stereocenters. The van der Waals surface area contributed by atoms with Crippen LogP contribution in [0, 0.1) is 17.7 Å². The van der Waals surface area contributed by atoms with Crippen molar-refractivity contribution < 1.29 is 17.6 Å². The third-order valence-corrected chi connectivity index (χ3v) is 5.62. The van der Waals surface area contributed by atoms with Crippen LogP contribution in [0.3, 0.4) is 0 Å². The van der Waals surface area contributed by atoms with Crippen molar-refractivity contribution in [2.75, 3.05) is 0 Å². The van der Waals surface area contributed by atoms with Crippen molar-refractivity contribution in [3.63, 3.8) is 0 Å². The molecule has 0 aliphatic rings. The molecule has 0 aromatic heterocycles. The highest BCUT2D eigenvalue weighted by Crippen LogP contribution is 2.33. The van der Waals surface area contributed by atoms with Crippen LogP contribution in [0.2, 0.25) is 0 Å². The van der Waals surface area contributed by atoms with Crippen molar-refractivity contribution >= 4 is 10.8 Å². The second-order valence-electron chi connectivity index (χ2n) is 7.99. The van der Waals surface area contributed by atoms with Crippen LogP contribution >= 0.6 is 0 Å². The first kappa shape index (κ1) is 23.3. The number of alkyl halides is 3. The van der Waals surface area contributed by atoms with Gasteiger partial charge in [-0.1, -0.05) is 66.5 Å². The topological polar surface area (TPSA) is 0 Å². The summed E-state index contributed by atoms with van der Waals surface area (Å²) in [5, 5.41) is 1.08. The second kappa shape index (κ2) is 9.97. The predicted molar refractivity (Wildman–Crippen MR) is 130 cm³/mol. The van der Waals surface area contributed by atoms with Crippen LogP contribution in [-0.2, 0) is 12.6 Å². The Morgan fingerprint density at radius 3 is 2.15 bits per heavy atom. The first-order chi connectivity index (χ1) is 16.3. The zero-order chi connectivity index (χ0) is 24.1. The standard InChI is InChI=1S/C30H22F4/c1-2-3-4-5-21-6-8-22(9-7-21)10-11-23-12-18-28-25(20-23)15-19-27(29(28)31)24-13-16-26(17-14-24)30(32,33)34/h2-3,6-9,12-20H,4-5H2,1H3/b3-2+. The summed E-state index contributed by atoms with van der Waals surface area (Å²) in [6, 6.07) is 21.2. The van der Waals surface area contributed by atoms with Gasteiger partial charge < -0.3 is 0 Å². The molecule has 34 heavy (non-hydrogen) atoms. The van der Waals surface area contributed by atoms with Crippen LogP contribution in [-0.4, -0.2) is 0 Å². The molecule has 0 N–H and O–H groups in total. The molecule has 0 heterocycles. The molecule has 0 saturated carbocycles. The molecule has 4 aromatic carbocycles. The Bertz CT molecular complexity index is 1380. The molecule has 0 fully saturated rings. The van der Waals surface area contributed by atoms with E-state index in [9.17, 15) is 13.2 Å². The normalized spacial score (nSPS) is 11.6. The fourth-order valence-corrected chi connectivity index (χ4v) is 3.75. The monoisotopic (exact) mass is 458 g/mol. The van der Waals surface area contributed by atoms with Gasteiger partial charge in [-0.2, -0.15) is 13.2 Å². The fraction of sp³-hybridized carbons (Fsp3) is 0.133. The molecule has 0 saturated heterocycles. The lowest BCUT2D eigenvalue weighted by Gasteiger charge is -2.10. The van der Waals surface area contributed by atoms with Crippen LogP contribution in [0.25, 0.3) is 21.9 Å². The van der Waals surface area contributed by atoms with Crippen molar-refractivity contribution in [2.24, 2.45) is 0 Å². The fourth-order valence-electron chi connectivity index (χ4n) is 3.75. The Hall–Kier alpha value is -3.84. The highest BCUT2D eigenvalue weighted by atomic mass is 19.4. The number of hydrogen-bond acceptors (Lipinski definition) is 0. The van der Waals surface area contributed by atoms with E-state index >= 15 is 4.39 Å². The quantitative estimate of drug-likeness (QED) is 0.163. The zero-order valence-electron chi connectivity index (χ0n) is 18.6. The van der Waals surface area contributed by atoms with Gasteiger partial charge in [-0.25, -0.2) is 4.39 Å². The number of rotatable bonds is 4. The second-order valence-corrected chi connectivity index (χ2v) is 7.99. The first-order valence-corrected chi connectivity index (χ1v) is 11.0. The highest BCUT2D eigenvalue weighted by Gasteiger charge is 2.30. The lowest BCUT2D eigenvalue weighted by atomic mass is 9.98. The summed E-state index contributed by atoms with van der Waals surface area (Å²) in [6.07, 6.45) is 1.76. The lowest BCUT2D eigenvalue weighted by molar-refractivity contribution is -0.137. The van der Waals surface area contributed by atoms with E-state index in [4.69, 9.17) is 0 Å². The molecule has 4 rings (SSSR count). The van der Waals surface area contributed by atoms with Gasteiger partial charge in [-0.05, 0) is 72.7 Å². The van der Waals surface area contributed by atoms with Gasteiger partial charge in [0.1, 0.15) is 5.82 Å². The van der Waals surface area contributed by atoms with E-state index in [-0.39, 0.29) is 5.56 Å². The van der Waals surface area contributed by atoms with Crippen LogP contribution in [0.15, 0.2) is 91.0 Å². The van der Waals surface area contributed by atoms with Crippen LogP contribution in [0.5, 0.6) is 0 Å². The van der Waals surface area contributed by atoms with E-state index in [1.807, 2.05) is 31.2 Å². The Labute approximate surface area is 196 Å². The summed E-state index contributed by atoms with van der Waals surface area (Å²) in [5.41, 5.74) is 2.81. The molecular weight excluding hydrogens is 436 g/mol. The van der Waals surface area contributed by atoms with Crippen LogP contribution in [0.4, 0.5) is 17.6 Å². The zero-order valence-corrected chi connectivity index (χ0v) is 18.6. The van der Waals surface area contributed by atoms with Gasteiger partial charge in [-0.3, -0.25) is 0 Å². The summed E-state index contributed by atoms with van der Waals surface area (Å²) in [5.74, 6) is 5.79. The number of hydrogen-bond donors (Lipinski definition) is 0. The lowest BCUT2D eigenvalue weighted by Crippen LogP contribution is -2.04. The summed E-state index contributed by atoms with van der Waals surface area (Å²) in [6.45, 7) is 2.01. The van der Waals surface area contributed by atoms with Crippen molar-refractivity contribution in [1.82, 2.24) is 0 Å². The van der Waals surface area contributed by atoms with E-state index < -0.39 is 17.6 Å². The molecule has 0 atom stereocenters. The summed E-state index contributed by atoms with van der Waals surface area (Å²) in [7, 11) is 0. The van der Waals surface area contributed by atoms with Gasteiger partial charge in [0.05, 0.1) is 5.56 Å². The average Bonchev–Trinajstić information content (AvgIpc) is 2.83. The molecule has 0 aliphatic carbocycles. The van der Waals surface area contributed by atoms with E-state index in [0.29, 0.717) is 16.3 Å². The summed E-state index contributed by atoms with van der Waals surface area (Å²) >= 11 is 0. The molecule has 0 spiro atoms. The molecular formula is C30H22F4. The van der Waals surface area contributed by atoms with Gasteiger partial charge in [0.2, 0.25) is 0 Å². The number of aryl methyl sites for hydroxylation is 1. The van der Waals surface area contributed by atoms with Crippen molar-refractivity contribution in [3.8, 4) is 23.0 Å². The smallest absolute Gasteiger partial charge is 0.206 e. The maximum atomic E-state index is 15.2. The maximum Gasteiger partial charge on any atom is 0.416 e. The van der Waals surface area contributed by atoms with E-state index in [1.165, 1.54) is 17.7 Å². The Kier molecular flexibility index (Phi) is 6.84. The first-order valence-electron chi connectivity index (χ1n) is 11.0. The van der Waals surface area contributed by atoms with Crippen molar-refractivity contribution in [3.05, 3.63) is 119 Å². The van der Waals surface area contributed by atoms with E-state index in [1.54, 1.807) is 24.3 Å². The van der Waals surface area contributed by atoms with Gasteiger partial charge in [0.25, 0.3) is 0 Å². The predicted octanol–water partition coefficient (Wildman–Crippen LogP) is 8.57. The molecule has 4 heteroatoms. The van der Waals surface area contributed by atoms with Gasteiger partial charge in [-0.15, -0.1) is 0 Å².